The van der Waals surface area contributed by atoms with Gasteiger partial charge in [0.15, 0.2) is 5.75 Å². The van der Waals surface area contributed by atoms with E-state index in [-0.39, 0.29) is 17.8 Å². The zero-order valence-corrected chi connectivity index (χ0v) is 17.0. The molecule has 2 rings (SSSR count). The van der Waals surface area contributed by atoms with E-state index in [9.17, 15) is 9.59 Å². The summed E-state index contributed by atoms with van der Waals surface area (Å²) in [6, 6.07) is 9.42. The molecule has 0 radical (unpaired) electrons. The van der Waals surface area contributed by atoms with E-state index in [2.05, 4.69) is 32.7 Å². The lowest BCUT2D eigenvalue weighted by molar-refractivity contribution is -0.139. The van der Waals surface area contributed by atoms with Crippen LogP contribution in [0.1, 0.15) is 56.9 Å². The Morgan fingerprint density at radius 1 is 1.14 bits per heavy atom. The van der Waals surface area contributed by atoms with Crippen LogP contribution in [0, 0.1) is 5.92 Å². The Labute approximate surface area is 166 Å². The number of ether oxygens (including phenoxy) is 2. The molecule has 1 heterocycles. The summed E-state index contributed by atoms with van der Waals surface area (Å²) in [5.74, 6) is 0.794. The van der Waals surface area contributed by atoms with Gasteiger partial charge in [-0.2, -0.15) is 0 Å². The molecule has 5 nitrogen and oxygen atoms in total. The topological polar surface area (TPSA) is 68.4 Å². The van der Waals surface area contributed by atoms with E-state index in [4.69, 9.17) is 9.47 Å². The molecule has 28 heavy (non-hydrogen) atoms. The van der Waals surface area contributed by atoms with Gasteiger partial charge in [-0.05, 0) is 35.5 Å². The van der Waals surface area contributed by atoms with Gasteiger partial charge in [0.05, 0.1) is 12.3 Å². The molecule has 0 spiro atoms. The molecule has 1 N–H and O–H groups in total. The number of esters is 1. The highest BCUT2D eigenvalue weighted by Gasteiger charge is 2.05. The van der Waals surface area contributed by atoms with Crippen LogP contribution < -0.4 is 10.2 Å². The summed E-state index contributed by atoms with van der Waals surface area (Å²) in [7, 11) is 0. The third-order valence-corrected chi connectivity index (χ3v) is 4.27. The van der Waals surface area contributed by atoms with Gasteiger partial charge in [0.1, 0.15) is 6.61 Å². The van der Waals surface area contributed by atoms with Gasteiger partial charge in [-0.25, -0.2) is 4.79 Å². The first-order chi connectivity index (χ1) is 13.3. The minimum absolute atomic E-state index is 0.00300. The maximum atomic E-state index is 12.0. The van der Waals surface area contributed by atoms with Crippen molar-refractivity contribution in [3.63, 3.8) is 0 Å². The third-order valence-electron chi connectivity index (χ3n) is 4.27. The molecule has 0 aliphatic heterocycles. The average Bonchev–Trinajstić information content (AvgIpc) is 2.66. The van der Waals surface area contributed by atoms with Crippen molar-refractivity contribution in [2.45, 2.75) is 46.6 Å². The van der Waals surface area contributed by atoms with Crippen molar-refractivity contribution in [1.82, 2.24) is 4.98 Å². The van der Waals surface area contributed by atoms with Gasteiger partial charge in [0.2, 0.25) is 5.43 Å². The third kappa shape index (κ3) is 7.06. The first-order valence-corrected chi connectivity index (χ1v) is 9.64. The predicted molar refractivity (Wildman–Crippen MR) is 111 cm³/mol. The van der Waals surface area contributed by atoms with Crippen LogP contribution in [-0.4, -0.2) is 17.6 Å². The number of rotatable bonds is 9. The summed E-state index contributed by atoms with van der Waals surface area (Å²) in [6.45, 7) is 8.96. The second-order valence-corrected chi connectivity index (χ2v) is 7.48. The van der Waals surface area contributed by atoms with Crippen LogP contribution in [-0.2, 0) is 16.1 Å². The van der Waals surface area contributed by atoms with E-state index >= 15 is 0 Å². The van der Waals surface area contributed by atoms with Crippen molar-refractivity contribution in [2.75, 3.05) is 6.61 Å². The minimum Gasteiger partial charge on any atom is -0.488 e. The quantitative estimate of drug-likeness (QED) is 0.504. The standard InChI is InChI=1S/C23H29NO4/c1-16(2)11-12-27-22-14-24-20(13-21(22)25)15-28-23(26)10-7-18-5-8-19(9-6-18)17(3)4/h5-10,13-14,16-17H,11-12,15H2,1-4H3,(H,24,25)/b10-7+. The Bertz CT molecular complexity index is 848. The SMILES string of the molecule is CC(C)CCOc1c[nH]c(COC(=O)/C=C/c2ccc(C(C)C)cc2)cc1=O. The molecule has 150 valence electrons. The highest BCUT2D eigenvalue weighted by atomic mass is 16.5. The van der Waals surface area contributed by atoms with Crippen molar-refractivity contribution in [2.24, 2.45) is 5.92 Å². The molecule has 2 aromatic rings. The van der Waals surface area contributed by atoms with E-state index in [1.807, 2.05) is 24.3 Å². The summed E-state index contributed by atoms with van der Waals surface area (Å²) >= 11 is 0. The van der Waals surface area contributed by atoms with Crippen LogP contribution in [0.15, 0.2) is 47.4 Å². The number of nitrogens with one attached hydrogen (secondary N) is 1. The number of benzene rings is 1. The van der Waals surface area contributed by atoms with Gasteiger partial charge in [-0.15, -0.1) is 0 Å². The largest absolute Gasteiger partial charge is 0.488 e. The maximum absolute atomic E-state index is 12.0. The van der Waals surface area contributed by atoms with Gasteiger partial charge in [0.25, 0.3) is 0 Å². The number of hydrogen-bond donors (Lipinski definition) is 1. The molecule has 0 saturated heterocycles. The second-order valence-electron chi connectivity index (χ2n) is 7.48. The predicted octanol–water partition coefficient (Wildman–Crippen LogP) is 4.68. The zero-order chi connectivity index (χ0) is 20.5. The summed E-state index contributed by atoms with van der Waals surface area (Å²) in [5.41, 5.74) is 2.47. The van der Waals surface area contributed by atoms with Crippen molar-refractivity contribution in [3.8, 4) is 5.75 Å². The molecule has 0 bridgehead atoms. The Balaban J connectivity index is 1.85. The summed E-state index contributed by atoms with van der Waals surface area (Å²) in [5, 5.41) is 0. The first-order valence-electron chi connectivity index (χ1n) is 9.64. The van der Waals surface area contributed by atoms with Gasteiger partial charge in [-0.3, -0.25) is 4.79 Å². The fraction of sp³-hybridized carbons (Fsp3) is 0.391. The highest BCUT2D eigenvalue weighted by molar-refractivity contribution is 5.87. The molecule has 5 heteroatoms. The molecular formula is C23H29NO4. The van der Waals surface area contributed by atoms with E-state index in [1.165, 1.54) is 23.9 Å². The Kier molecular flexibility index (Phi) is 8.05. The number of pyridine rings is 1. The number of hydrogen-bond acceptors (Lipinski definition) is 4. The van der Waals surface area contributed by atoms with Gasteiger partial charge in [0, 0.05) is 18.3 Å². The number of aromatic nitrogens is 1. The lowest BCUT2D eigenvalue weighted by Crippen LogP contribution is -2.12. The Morgan fingerprint density at radius 3 is 2.46 bits per heavy atom. The lowest BCUT2D eigenvalue weighted by Gasteiger charge is -2.08. The molecule has 0 saturated carbocycles. The van der Waals surface area contributed by atoms with E-state index in [0.717, 1.165) is 12.0 Å². The van der Waals surface area contributed by atoms with E-state index in [0.29, 0.717) is 24.1 Å². The lowest BCUT2D eigenvalue weighted by atomic mass is 10.0. The number of H-pyrrole nitrogens is 1. The van der Waals surface area contributed by atoms with Crippen LogP contribution in [0.4, 0.5) is 0 Å². The highest BCUT2D eigenvalue weighted by Crippen LogP contribution is 2.15. The Hall–Kier alpha value is -2.82. The maximum Gasteiger partial charge on any atom is 0.331 e. The van der Waals surface area contributed by atoms with E-state index < -0.39 is 5.97 Å². The molecule has 0 unspecified atom stereocenters. The van der Waals surface area contributed by atoms with Crippen LogP contribution in [0.25, 0.3) is 6.08 Å². The van der Waals surface area contributed by atoms with Crippen LogP contribution >= 0.6 is 0 Å². The van der Waals surface area contributed by atoms with Crippen LogP contribution in [0.3, 0.4) is 0 Å². The molecular weight excluding hydrogens is 354 g/mol. The van der Waals surface area contributed by atoms with Crippen molar-refractivity contribution in [3.05, 3.63) is 69.6 Å². The molecule has 0 fully saturated rings. The minimum atomic E-state index is -0.467. The number of carbonyl (C=O) groups excluding carboxylic acids is 1. The van der Waals surface area contributed by atoms with Crippen molar-refractivity contribution < 1.29 is 14.3 Å². The fourth-order valence-corrected chi connectivity index (χ4v) is 2.45. The fourth-order valence-electron chi connectivity index (χ4n) is 2.45. The molecule has 0 aliphatic rings. The van der Waals surface area contributed by atoms with Gasteiger partial charge in [-0.1, -0.05) is 52.0 Å². The zero-order valence-electron chi connectivity index (χ0n) is 17.0. The molecule has 0 atom stereocenters. The number of carbonyl (C=O) groups is 1. The first kappa shape index (κ1) is 21.5. The molecule has 0 aliphatic carbocycles. The smallest absolute Gasteiger partial charge is 0.331 e. The van der Waals surface area contributed by atoms with E-state index in [1.54, 1.807) is 6.08 Å². The number of aromatic amines is 1. The average molecular weight is 383 g/mol. The summed E-state index contributed by atoms with van der Waals surface area (Å²) < 4.78 is 10.7. The Morgan fingerprint density at radius 2 is 1.86 bits per heavy atom. The normalized spacial score (nSPS) is 11.4. The summed E-state index contributed by atoms with van der Waals surface area (Å²) in [4.78, 5) is 26.9. The molecule has 1 aromatic heterocycles. The van der Waals surface area contributed by atoms with Crippen molar-refractivity contribution >= 4 is 12.0 Å². The van der Waals surface area contributed by atoms with Crippen LogP contribution in [0.2, 0.25) is 0 Å². The van der Waals surface area contributed by atoms with Crippen LogP contribution in [0.5, 0.6) is 5.75 Å². The summed E-state index contributed by atoms with van der Waals surface area (Å²) in [6.07, 6.45) is 5.48. The van der Waals surface area contributed by atoms with Gasteiger partial charge >= 0.3 is 5.97 Å². The monoisotopic (exact) mass is 383 g/mol. The van der Waals surface area contributed by atoms with Crippen molar-refractivity contribution in [1.29, 1.82) is 0 Å². The second kappa shape index (κ2) is 10.5. The van der Waals surface area contributed by atoms with Gasteiger partial charge < -0.3 is 14.5 Å². The molecule has 0 amide bonds. The molecule has 1 aromatic carbocycles.